The average molecular weight is 180 g/mol. The maximum absolute atomic E-state index is 8.76. The third-order valence-electron chi connectivity index (χ3n) is 1.39. The highest BCUT2D eigenvalue weighted by molar-refractivity contribution is 5.07. The van der Waals surface area contributed by atoms with Gasteiger partial charge in [-0.25, -0.2) is 4.98 Å². The highest BCUT2D eigenvalue weighted by Crippen LogP contribution is 2.04. The standard InChI is InChI=1S/C9H12N2O2/c1-2-3-4-13-9-6-10-5-8(7-12)11-9/h2-3,5-6,12H,4,7H2,1H3. The number of aromatic nitrogens is 2. The predicted octanol–water partition coefficient (Wildman–Crippen LogP) is 0.924. The van der Waals surface area contributed by atoms with E-state index in [0.29, 0.717) is 18.2 Å². The Hall–Kier alpha value is -1.42. The molecule has 0 spiro atoms. The van der Waals surface area contributed by atoms with Crippen molar-refractivity contribution < 1.29 is 9.84 Å². The maximum atomic E-state index is 8.76. The minimum atomic E-state index is -0.117. The highest BCUT2D eigenvalue weighted by atomic mass is 16.5. The second-order valence-corrected chi connectivity index (χ2v) is 2.39. The molecule has 0 aromatic carbocycles. The van der Waals surface area contributed by atoms with Gasteiger partial charge in [-0.1, -0.05) is 12.2 Å². The number of rotatable bonds is 4. The van der Waals surface area contributed by atoms with E-state index in [1.807, 2.05) is 19.1 Å². The third-order valence-corrected chi connectivity index (χ3v) is 1.39. The lowest BCUT2D eigenvalue weighted by Crippen LogP contribution is -1.99. The summed E-state index contributed by atoms with van der Waals surface area (Å²) < 4.78 is 5.22. The van der Waals surface area contributed by atoms with Crippen molar-refractivity contribution >= 4 is 0 Å². The lowest BCUT2D eigenvalue weighted by atomic mass is 10.5. The number of nitrogens with zero attached hydrogens (tertiary/aromatic N) is 2. The first-order valence-electron chi connectivity index (χ1n) is 4.02. The lowest BCUT2D eigenvalue weighted by Gasteiger charge is -2.01. The molecule has 0 aliphatic heterocycles. The fourth-order valence-corrected chi connectivity index (χ4v) is 0.762. The minimum absolute atomic E-state index is 0.117. The van der Waals surface area contributed by atoms with Crippen molar-refractivity contribution in [3.63, 3.8) is 0 Å². The molecule has 0 saturated carbocycles. The zero-order valence-corrected chi connectivity index (χ0v) is 7.47. The molecule has 0 bridgehead atoms. The molecule has 0 aliphatic rings. The second kappa shape index (κ2) is 5.27. The second-order valence-electron chi connectivity index (χ2n) is 2.39. The molecule has 0 fully saturated rings. The van der Waals surface area contributed by atoms with Crippen LogP contribution in [-0.4, -0.2) is 21.7 Å². The van der Waals surface area contributed by atoms with E-state index in [-0.39, 0.29) is 6.61 Å². The van der Waals surface area contributed by atoms with Crippen LogP contribution in [-0.2, 0) is 6.61 Å². The molecule has 0 amide bonds. The van der Waals surface area contributed by atoms with E-state index in [1.54, 1.807) is 0 Å². The Morgan fingerprint density at radius 3 is 3.08 bits per heavy atom. The van der Waals surface area contributed by atoms with Crippen LogP contribution in [0.5, 0.6) is 5.88 Å². The summed E-state index contributed by atoms with van der Waals surface area (Å²) in [6, 6.07) is 0. The van der Waals surface area contributed by atoms with E-state index in [2.05, 4.69) is 9.97 Å². The number of aliphatic hydroxyl groups is 1. The van der Waals surface area contributed by atoms with E-state index < -0.39 is 0 Å². The largest absolute Gasteiger partial charge is 0.472 e. The normalized spacial score (nSPS) is 10.6. The summed E-state index contributed by atoms with van der Waals surface area (Å²) in [7, 11) is 0. The van der Waals surface area contributed by atoms with Crippen LogP contribution >= 0.6 is 0 Å². The summed E-state index contributed by atoms with van der Waals surface area (Å²) in [6.07, 6.45) is 6.78. The maximum Gasteiger partial charge on any atom is 0.232 e. The van der Waals surface area contributed by atoms with Crippen molar-refractivity contribution in [2.24, 2.45) is 0 Å². The molecule has 1 N–H and O–H groups in total. The smallest absolute Gasteiger partial charge is 0.232 e. The molecule has 0 saturated heterocycles. The summed E-state index contributed by atoms with van der Waals surface area (Å²) in [5.74, 6) is 0.435. The Morgan fingerprint density at radius 2 is 2.38 bits per heavy atom. The van der Waals surface area contributed by atoms with Crippen LogP contribution in [0.25, 0.3) is 0 Å². The highest BCUT2D eigenvalue weighted by Gasteiger charge is 1.96. The average Bonchev–Trinajstić information content (AvgIpc) is 2.19. The van der Waals surface area contributed by atoms with Crippen LogP contribution in [0.1, 0.15) is 12.6 Å². The van der Waals surface area contributed by atoms with Gasteiger partial charge >= 0.3 is 0 Å². The Kier molecular flexibility index (Phi) is 3.92. The van der Waals surface area contributed by atoms with E-state index in [0.717, 1.165) is 0 Å². The van der Waals surface area contributed by atoms with Crippen LogP contribution in [0.15, 0.2) is 24.5 Å². The van der Waals surface area contributed by atoms with Gasteiger partial charge in [0.05, 0.1) is 24.7 Å². The molecular weight excluding hydrogens is 168 g/mol. The van der Waals surface area contributed by atoms with Gasteiger partial charge < -0.3 is 9.84 Å². The molecule has 0 unspecified atom stereocenters. The van der Waals surface area contributed by atoms with E-state index in [4.69, 9.17) is 9.84 Å². The fraction of sp³-hybridized carbons (Fsp3) is 0.333. The monoisotopic (exact) mass is 180 g/mol. The van der Waals surface area contributed by atoms with Gasteiger partial charge in [-0.05, 0) is 6.92 Å². The number of hydrogen-bond donors (Lipinski definition) is 1. The SMILES string of the molecule is CC=CCOc1cncc(CO)n1. The summed E-state index contributed by atoms with van der Waals surface area (Å²) in [4.78, 5) is 7.86. The molecule has 4 heteroatoms. The van der Waals surface area contributed by atoms with Gasteiger partial charge in [-0.2, -0.15) is 0 Å². The first-order chi connectivity index (χ1) is 6.36. The van der Waals surface area contributed by atoms with Crippen molar-refractivity contribution in [1.29, 1.82) is 0 Å². The Bertz CT molecular complexity index is 287. The first-order valence-corrected chi connectivity index (χ1v) is 4.02. The summed E-state index contributed by atoms with van der Waals surface area (Å²) >= 11 is 0. The zero-order valence-electron chi connectivity index (χ0n) is 7.47. The van der Waals surface area contributed by atoms with Crippen LogP contribution in [0.2, 0.25) is 0 Å². The molecule has 1 aromatic rings. The molecule has 70 valence electrons. The van der Waals surface area contributed by atoms with Crippen LogP contribution in [0.4, 0.5) is 0 Å². The van der Waals surface area contributed by atoms with E-state index in [9.17, 15) is 0 Å². The van der Waals surface area contributed by atoms with Gasteiger partial charge in [0, 0.05) is 0 Å². The van der Waals surface area contributed by atoms with Gasteiger partial charge in [-0.15, -0.1) is 0 Å². The van der Waals surface area contributed by atoms with Crippen LogP contribution in [0.3, 0.4) is 0 Å². The topological polar surface area (TPSA) is 55.2 Å². The van der Waals surface area contributed by atoms with Gasteiger partial charge in [0.15, 0.2) is 0 Å². The van der Waals surface area contributed by atoms with Crippen molar-refractivity contribution in [2.75, 3.05) is 6.61 Å². The van der Waals surface area contributed by atoms with Crippen molar-refractivity contribution in [3.8, 4) is 5.88 Å². The number of aliphatic hydroxyl groups excluding tert-OH is 1. The molecule has 1 rings (SSSR count). The summed E-state index contributed by atoms with van der Waals surface area (Å²) in [6.45, 7) is 2.27. The van der Waals surface area contributed by atoms with Crippen LogP contribution < -0.4 is 4.74 Å². The van der Waals surface area contributed by atoms with Gasteiger partial charge in [-0.3, -0.25) is 4.98 Å². The molecule has 0 atom stereocenters. The number of allylic oxidation sites excluding steroid dienone is 1. The van der Waals surface area contributed by atoms with Crippen molar-refractivity contribution in [2.45, 2.75) is 13.5 Å². The van der Waals surface area contributed by atoms with E-state index in [1.165, 1.54) is 12.4 Å². The number of ether oxygens (including phenoxy) is 1. The first kappa shape index (κ1) is 9.67. The fourth-order valence-electron chi connectivity index (χ4n) is 0.762. The quantitative estimate of drug-likeness (QED) is 0.700. The van der Waals surface area contributed by atoms with Gasteiger partial charge in [0.25, 0.3) is 0 Å². The Labute approximate surface area is 76.9 Å². The number of hydrogen-bond acceptors (Lipinski definition) is 4. The molecular formula is C9H12N2O2. The lowest BCUT2D eigenvalue weighted by molar-refractivity contribution is 0.271. The summed E-state index contributed by atoms with van der Waals surface area (Å²) in [5.41, 5.74) is 0.512. The molecule has 4 nitrogen and oxygen atoms in total. The van der Waals surface area contributed by atoms with Crippen molar-refractivity contribution in [1.82, 2.24) is 9.97 Å². The summed E-state index contributed by atoms with van der Waals surface area (Å²) in [5, 5.41) is 8.76. The van der Waals surface area contributed by atoms with E-state index >= 15 is 0 Å². The van der Waals surface area contributed by atoms with Crippen LogP contribution in [0, 0.1) is 0 Å². The van der Waals surface area contributed by atoms with Crippen molar-refractivity contribution in [3.05, 3.63) is 30.2 Å². The van der Waals surface area contributed by atoms with Gasteiger partial charge in [0.1, 0.15) is 6.61 Å². The predicted molar refractivity (Wildman–Crippen MR) is 48.3 cm³/mol. The Balaban J connectivity index is 2.56. The molecule has 0 radical (unpaired) electrons. The zero-order chi connectivity index (χ0) is 9.52. The third kappa shape index (κ3) is 3.21. The molecule has 1 aromatic heterocycles. The molecule has 1 heterocycles. The Morgan fingerprint density at radius 1 is 1.54 bits per heavy atom. The van der Waals surface area contributed by atoms with Gasteiger partial charge in [0.2, 0.25) is 5.88 Å². The molecule has 0 aliphatic carbocycles. The molecule has 13 heavy (non-hydrogen) atoms. The minimum Gasteiger partial charge on any atom is -0.472 e.